The number of benzene rings is 2. The molecule has 0 aliphatic carbocycles. The minimum atomic E-state index is -0.582. The first-order valence-electron chi connectivity index (χ1n) is 9.19. The van der Waals surface area contributed by atoms with E-state index in [0.29, 0.717) is 45.9 Å². The van der Waals surface area contributed by atoms with Gasteiger partial charge in [-0.2, -0.15) is 0 Å². The van der Waals surface area contributed by atoms with Gasteiger partial charge >= 0.3 is 5.97 Å². The summed E-state index contributed by atoms with van der Waals surface area (Å²) in [5.74, 6) is 0.293. The predicted molar refractivity (Wildman–Crippen MR) is 109 cm³/mol. The van der Waals surface area contributed by atoms with Gasteiger partial charge in [-0.3, -0.25) is 9.59 Å². The van der Waals surface area contributed by atoms with Gasteiger partial charge < -0.3 is 19.5 Å². The molecule has 3 rings (SSSR count). The van der Waals surface area contributed by atoms with Crippen molar-refractivity contribution in [1.29, 1.82) is 0 Å². The fraction of sp³-hybridized carbons (Fsp3) is 0.333. The third-order valence-electron chi connectivity index (χ3n) is 4.29. The van der Waals surface area contributed by atoms with Gasteiger partial charge in [0.15, 0.2) is 11.5 Å². The number of nitrogens with one attached hydrogen (secondary N) is 1. The Bertz CT molecular complexity index is 903. The molecule has 0 fully saturated rings. The average Bonchev–Trinajstić information content (AvgIpc) is 2.92. The van der Waals surface area contributed by atoms with Crippen LogP contribution in [0.15, 0.2) is 36.4 Å². The van der Waals surface area contributed by atoms with E-state index in [0.717, 1.165) is 6.42 Å². The van der Waals surface area contributed by atoms with Crippen LogP contribution in [0.1, 0.15) is 36.9 Å². The molecule has 0 aromatic heterocycles. The molecule has 1 aliphatic heterocycles. The van der Waals surface area contributed by atoms with Gasteiger partial charge in [0.2, 0.25) is 5.91 Å². The highest BCUT2D eigenvalue weighted by Crippen LogP contribution is 2.38. The largest absolute Gasteiger partial charge is 0.489 e. The monoisotopic (exact) mass is 437 g/mol. The van der Waals surface area contributed by atoms with Crippen LogP contribution < -0.4 is 14.8 Å². The molecule has 1 amide bonds. The summed E-state index contributed by atoms with van der Waals surface area (Å²) in [7, 11) is 0. The third kappa shape index (κ3) is 5.78. The molecule has 2 aromatic rings. The molecule has 1 unspecified atom stereocenters. The maximum Gasteiger partial charge on any atom is 0.308 e. The van der Waals surface area contributed by atoms with Gasteiger partial charge in [0.1, 0.15) is 6.61 Å². The van der Waals surface area contributed by atoms with Crippen LogP contribution in [0.2, 0.25) is 10.0 Å². The molecule has 1 N–H and O–H groups in total. The standard InChI is InChI=1S/C21H21Cl2NO5/c1-13(25)24-18(15-5-2-3-6-16(15)22)11-20(26)29-12-14-9-17(23)21-19(10-14)27-7-4-8-28-21/h2-3,5-6,9-10,18H,4,7-8,11-12H2,1H3,(H,24,25). The Balaban J connectivity index is 1.66. The maximum atomic E-state index is 12.4. The Morgan fingerprint density at radius 2 is 1.90 bits per heavy atom. The number of carbonyl (C=O) groups excluding carboxylic acids is 2. The van der Waals surface area contributed by atoms with E-state index in [1.165, 1.54) is 6.92 Å². The van der Waals surface area contributed by atoms with Gasteiger partial charge in [0.25, 0.3) is 0 Å². The lowest BCUT2D eigenvalue weighted by atomic mass is 10.0. The van der Waals surface area contributed by atoms with Gasteiger partial charge in [-0.1, -0.05) is 41.4 Å². The van der Waals surface area contributed by atoms with Crippen LogP contribution in [-0.2, 0) is 20.9 Å². The smallest absolute Gasteiger partial charge is 0.308 e. The van der Waals surface area contributed by atoms with E-state index >= 15 is 0 Å². The van der Waals surface area contributed by atoms with E-state index in [4.69, 9.17) is 37.4 Å². The van der Waals surface area contributed by atoms with Crippen molar-refractivity contribution in [3.05, 3.63) is 57.6 Å². The number of esters is 1. The van der Waals surface area contributed by atoms with Crippen molar-refractivity contribution in [3.63, 3.8) is 0 Å². The molecule has 0 bridgehead atoms. The number of fused-ring (bicyclic) bond motifs is 1. The van der Waals surface area contributed by atoms with Gasteiger partial charge in [0, 0.05) is 18.4 Å². The molecule has 0 saturated heterocycles. The summed E-state index contributed by atoms with van der Waals surface area (Å²) in [5, 5.41) is 3.61. The fourth-order valence-electron chi connectivity index (χ4n) is 3.00. The fourth-order valence-corrected chi connectivity index (χ4v) is 3.55. The number of ether oxygens (including phenoxy) is 3. The highest BCUT2D eigenvalue weighted by molar-refractivity contribution is 6.32. The van der Waals surface area contributed by atoms with Crippen molar-refractivity contribution < 1.29 is 23.8 Å². The Hall–Kier alpha value is -2.44. The van der Waals surface area contributed by atoms with E-state index in [1.54, 1.807) is 36.4 Å². The number of amides is 1. The summed E-state index contributed by atoms with van der Waals surface area (Å²) in [6.07, 6.45) is 0.712. The van der Waals surface area contributed by atoms with Gasteiger partial charge in [0.05, 0.1) is 30.7 Å². The molecule has 6 nitrogen and oxygen atoms in total. The molecule has 0 radical (unpaired) electrons. The number of hydrogen-bond donors (Lipinski definition) is 1. The predicted octanol–water partition coefficient (Wildman–Crippen LogP) is 4.47. The van der Waals surface area contributed by atoms with Crippen LogP contribution in [0, 0.1) is 0 Å². The van der Waals surface area contributed by atoms with Crippen molar-refractivity contribution >= 4 is 35.1 Å². The quantitative estimate of drug-likeness (QED) is 0.674. The summed E-state index contributed by atoms with van der Waals surface area (Å²) in [6, 6.07) is 9.89. The summed E-state index contributed by atoms with van der Waals surface area (Å²) in [5.41, 5.74) is 1.33. The Labute approximate surface area is 179 Å². The normalized spacial score (nSPS) is 13.9. The SMILES string of the molecule is CC(=O)NC(CC(=O)OCc1cc(Cl)c2c(c1)OCCCO2)c1ccccc1Cl. The molecule has 29 heavy (non-hydrogen) atoms. The summed E-state index contributed by atoms with van der Waals surface area (Å²) >= 11 is 12.5. The zero-order valence-corrected chi connectivity index (χ0v) is 17.4. The lowest BCUT2D eigenvalue weighted by Gasteiger charge is -2.19. The Kier molecular flexibility index (Phi) is 7.23. The molecule has 1 atom stereocenters. The first kappa shape index (κ1) is 21.3. The van der Waals surface area contributed by atoms with E-state index in [-0.39, 0.29) is 18.9 Å². The molecule has 0 saturated carbocycles. The number of carbonyl (C=O) groups is 2. The first-order chi connectivity index (χ1) is 13.9. The van der Waals surface area contributed by atoms with Crippen molar-refractivity contribution in [3.8, 4) is 11.5 Å². The van der Waals surface area contributed by atoms with E-state index < -0.39 is 12.0 Å². The highest BCUT2D eigenvalue weighted by atomic mass is 35.5. The second-order valence-electron chi connectivity index (χ2n) is 6.59. The van der Waals surface area contributed by atoms with Gasteiger partial charge in [-0.15, -0.1) is 0 Å². The molecule has 154 valence electrons. The average molecular weight is 438 g/mol. The van der Waals surface area contributed by atoms with Crippen molar-refractivity contribution in [1.82, 2.24) is 5.32 Å². The lowest BCUT2D eigenvalue weighted by Crippen LogP contribution is -2.28. The summed E-state index contributed by atoms with van der Waals surface area (Å²) in [6.45, 7) is 2.47. The molecule has 0 spiro atoms. The summed E-state index contributed by atoms with van der Waals surface area (Å²) in [4.78, 5) is 24.0. The Morgan fingerprint density at radius 1 is 1.14 bits per heavy atom. The molecular formula is C21H21Cl2NO5. The topological polar surface area (TPSA) is 73.9 Å². The second kappa shape index (κ2) is 9.85. The van der Waals surface area contributed by atoms with E-state index in [1.807, 2.05) is 0 Å². The van der Waals surface area contributed by atoms with Gasteiger partial charge in [-0.05, 0) is 29.3 Å². The number of halogens is 2. The minimum absolute atomic E-state index is 0.0184. The van der Waals surface area contributed by atoms with Crippen LogP contribution in [0.5, 0.6) is 11.5 Å². The molecule has 8 heteroatoms. The highest BCUT2D eigenvalue weighted by Gasteiger charge is 2.21. The molecule has 1 aliphatic rings. The van der Waals surface area contributed by atoms with Crippen LogP contribution in [0.3, 0.4) is 0 Å². The number of rotatable bonds is 6. The maximum absolute atomic E-state index is 12.4. The van der Waals surface area contributed by atoms with Crippen LogP contribution in [-0.4, -0.2) is 25.1 Å². The second-order valence-corrected chi connectivity index (χ2v) is 7.41. The Morgan fingerprint density at radius 3 is 2.66 bits per heavy atom. The first-order valence-corrected chi connectivity index (χ1v) is 9.95. The van der Waals surface area contributed by atoms with Crippen LogP contribution in [0.25, 0.3) is 0 Å². The zero-order chi connectivity index (χ0) is 20.8. The van der Waals surface area contributed by atoms with E-state index in [9.17, 15) is 9.59 Å². The number of hydrogen-bond acceptors (Lipinski definition) is 5. The van der Waals surface area contributed by atoms with Crippen molar-refractivity contribution in [2.45, 2.75) is 32.4 Å². The lowest BCUT2D eigenvalue weighted by molar-refractivity contribution is -0.145. The molecule has 1 heterocycles. The minimum Gasteiger partial charge on any atom is -0.489 e. The third-order valence-corrected chi connectivity index (χ3v) is 4.92. The van der Waals surface area contributed by atoms with Crippen LogP contribution >= 0.6 is 23.2 Å². The summed E-state index contributed by atoms with van der Waals surface area (Å²) < 4.78 is 16.6. The van der Waals surface area contributed by atoms with Crippen molar-refractivity contribution in [2.75, 3.05) is 13.2 Å². The van der Waals surface area contributed by atoms with E-state index in [2.05, 4.69) is 5.32 Å². The molecule has 2 aromatic carbocycles. The molecular weight excluding hydrogens is 417 g/mol. The van der Waals surface area contributed by atoms with Crippen molar-refractivity contribution in [2.24, 2.45) is 0 Å². The van der Waals surface area contributed by atoms with Crippen LogP contribution in [0.4, 0.5) is 0 Å². The van der Waals surface area contributed by atoms with Gasteiger partial charge in [-0.25, -0.2) is 0 Å². The zero-order valence-electron chi connectivity index (χ0n) is 15.9.